The Morgan fingerprint density at radius 2 is 1.75 bits per heavy atom. The Morgan fingerprint density at radius 3 is 2.29 bits per heavy atom. The van der Waals surface area contributed by atoms with Crippen molar-refractivity contribution >= 4 is 16.0 Å². The average Bonchev–Trinajstić information content (AvgIpc) is 2.59. The van der Waals surface area contributed by atoms with E-state index in [2.05, 4.69) is 6.92 Å². The zero-order valence-electron chi connectivity index (χ0n) is 14.3. The maximum absolute atomic E-state index is 12.7. The third kappa shape index (κ3) is 4.80. The van der Waals surface area contributed by atoms with Gasteiger partial charge < -0.3 is 5.11 Å². The van der Waals surface area contributed by atoms with Gasteiger partial charge in [0, 0.05) is 13.1 Å². The molecule has 134 valence electrons. The average molecular weight is 353 g/mol. The van der Waals surface area contributed by atoms with Crippen LogP contribution >= 0.6 is 0 Å². The van der Waals surface area contributed by atoms with Gasteiger partial charge in [-0.3, -0.25) is 4.79 Å². The van der Waals surface area contributed by atoms with Crippen LogP contribution in [0.25, 0.3) is 0 Å². The van der Waals surface area contributed by atoms with Crippen molar-refractivity contribution in [3.63, 3.8) is 0 Å². The molecule has 0 unspecified atom stereocenters. The molecule has 0 aliphatic carbocycles. The molecule has 1 fully saturated rings. The minimum absolute atomic E-state index is 0.276. The number of nitrogens with zero attached hydrogens (tertiary/aromatic N) is 1. The van der Waals surface area contributed by atoms with Crippen molar-refractivity contribution in [2.75, 3.05) is 13.1 Å². The number of rotatable bonds is 8. The highest BCUT2D eigenvalue weighted by molar-refractivity contribution is 7.89. The van der Waals surface area contributed by atoms with Gasteiger partial charge in [0.2, 0.25) is 10.0 Å². The number of unbranched alkanes of at least 4 members (excludes halogenated alkanes) is 3. The van der Waals surface area contributed by atoms with Gasteiger partial charge in [0.25, 0.3) is 0 Å². The van der Waals surface area contributed by atoms with E-state index in [0.717, 1.165) is 18.4 Å². The molecule has 5 nitrogen and oxygen atoms in total. The van der Waals surface area contributed by atoms with Crippen molar-refractivity contribution in [2.45, 2.75) is 56.8 Å². The minimum Gasteiger partial charge on any atom is -0.481 e. The molecule has 1 aromatic rings. The molecule has 1 aromatic carbocycles. The molecular formula is C18H27NO4S. The lowest BCUT2D eigenvalue weighted by molar-refractivity contribution is -0.142. The number of benzene rings is 1. The second-order valence-corrected chi connectivity index (χ2v) is 8.41. The summed E-state index contributed by atoms with van der Waals surface area (Å²) in [7, 11) is -3.52. The maximum atomic E-state index is 12.7. The lowest BCUT2D eigenvalue weighted by Gasteiger charge is -2.29. The second-order valence-electron chi connectivity index (χ2n) is 6.47. The number of piperidine rings is 1. The molecule has 1 saturated heterocycles. The lowest BCUT2D eigenvalue weighted by Crippen LogP contribution is -2.40. The monoisotopic (exact) mass is 353 g/mol. The van der Waals surface area contributed by atoms with Crippen LogP contribution in [0.5, 0.6) is 0 Å². The van der Waals surface area contributed by atoms with Crippen molar-refractivity contribution in [2.24, 2.45) is 5.92 Å². The van der Waals surface area contributed by atoms with Gasteiger partial charge in [-0.15, -0.1) is 0 Å². The molecule has 1 heterocycles. The molecule has 1 aliphatic rings. The van der Waals surface area contributed by atoms with E-state index in [1.807, 2.05) is 12.1 Å². The number of sulfonamides is 1. The van der Waals surface area contributed by atoms with E-state index in [9.17, 15) is 13.2 Å². The summed E-state index contributed by atoms with van der Waals surface area (Å²) in [5.41, 5.74) is 1.16. The summed E-state index contributed by atoms with van der Waals surface area (Å²) in [6.07, 6.45) is 6.50. The second kappa shape index (κ2) is 8.62. The number of aryl methyl sites for hydroxylation is 1. The van der Waals surface area contributed by atoms with Gasteiger partial charge in [0.15, 0.2) is 0 Å². The summed E-state index contributed by atoms with van der Waals surface area (Å²) in [4.78, 5) is 11.3. The van der Waals surface area contributed by atoms with Crippen LogP contribution < -0.4 is 0 Å². The molecule has 0 amide bonds. The first-order valence-corrected chi connectivity index (χ1v) is 10.2. The van der Waals surface area contributed by atoms with Crippen LogP contribution in [0.1, 0.15) is 51.0 Å². The number of hydrogen-bond acceptors (Lipinski definition) is 3. The van der Waals surface area contributed by atoms with Crippen LogP contribution in [-0.2, 0) is 21.2 Å². The molecule has 0 atom stereocenters. The summed E-state index contributed by atoms with van der Waals surface area (Å²) in [6, 6.07) is 7.13. The van der Waals surface area contributed by atoms with Gasteiger partial charge in [0.05, 0.1) is 10.8 Å². The Hall–Kier alpha value is -1.40. The Balaban J connectivity index is 1.96. The SMILES string of the molecule is CCCCCCc1ccc(S(=O)(=O)N2CCC(C(=O)O)CC2)cc1. The Labute approximate surface area is 144 Å². The largest absolute Gasteiger partial charge is 0.481 e. The van der Waals surface area contributed by atoms with Crippen molar-refractivity contribution in [3.8, 4) is 0 Å². The molecular weight excluding hydrogens is 326 g/mol. The maximum Gasteiger partial charge on any atom is 0.306 e. The van der Waals surface area contributed by atoms with Crippen LogP contribution in [0.3, 0.4) is 0 Å². The molecule has 0 radical (unpaired) electrons. The summed E-state index contributed by atoms with van der Waals surface area (Å²) >= 11 is 0. The highest BCUT2D eigenvalue weighted by Crippen LogP contribution is 2.24. The zero-order chi connectivity index (χ0) is 17.6. The highest BCUT2D eigenvalue weighted by atomic mass is 32.2. The minimum atomic E-state index is -3.52. The van der Waals surface area contributed by atoms with E-state index in [-0.39, 0.29) is 13.1 Å². The molecule has 0 aromatic heterocycles. The van der Waals surface area contributed by atoms with E-state index in [1.54, 1.807) is 12.1 Å². The first-order chi connectivity index (χ1) is 11.4. The fourth-order valence-corrected chi connectivity index (χ4v) is 4.55. The van der Waals surface area contributed by atoms with Crippen molar-refractivity contribution < 1.29 is 18.3 Å². The Bertz CT molecular complexity index is 631. The van der Waals surface area contributed by atoms with Crippen LogP contribution in [0.4, 0.5) is 0 Å². The molecule has 1 N–H and O–H groups in total. The molecule has 0 bridgehead atoms. The van der Waals surface area contributed by atoms with Crippen molar-refractivity contribution in [1.82, 2.24) is 4.31 Å². The topological polar surface area (TPSA) is 74.7 Å². The van der Waals surface area contributed by atoms with E-state index in [0.29, 0.717) is 17.7 Å². The number of hydrogen-bond donors (Lipinski definition) is 1. The van der Waals surface area contributed by atoms with Crippen LogP contribution in [0.2, 0.25) is 0 Å². The van der Waals surface area contributed by atoms with Gasteiger partial charge in [-0.1, -0.05) is 38.3 Å². The van der Waals surface area contributed by atoms with Crippen LogP contribution in [-0.4, -0.2) is 36.9 Å². The molecule has 1 aliphatic heterocycles. The van der Waals surface area contributed by atoms with Crippen LogP contribution in [0.15, 0.2) is 29.2 Å². The summed E-state index contributed by atoms with van der Waals surface area (Å²) in [5.74, 6) is -1.26. The summed E-state index contributed by atoms with van der Waals surface area (Å²) < 4.78 is 26.7. The smallest absolute Gasteiger partial charge is 0.306 e. The van der Waals surface area contributed by atoms with E-state index in [4.69, 9.17) is 5.11 Å². The normalized spacial score (nSPS) is 17.0. The van der Waals surface area contributed by atoms with E-state index < -0.39 is 21.9 Å². The number of carbonyl (C=O) groups is 1. The summed E-state index contributed by atoms with van der Waals surface area (Å²) in [6.45, 7) is 2.73. The lowest BCUT2D eigenvalue weighted by atomic mass is 9.99. The number of aliphatic carboxylic acids is 1. The summed E-state index contributed by atoms with van der Waals surface area (Å²) in [5, 5.41) is 9.01. The van der Waals surface area contributed by atoms with Gasteiger partial charge in [0.1, 0.15) is 0 Å². The number of carboxylic acid groups (broad SMARTS) is 1. The Kier molecular flexibility index (Phi) is 6.80. The zero-order valence-corrected chi connectivity index (χ0v) is 15.1. The van der Waals surface area contributed by atoms with E-state index in [1.165, 1.54) is 23.6 Å². The van der Waals surface area contributed by atoms with Crippen molar-refractivity contribution in [1.29, 1.82) is 0 Å². The first-order valence-electron chi connectivity index (χ1n) is 8.77. The predicted molar refractivity (Wildman–Crippen MR) is 93.4 cm³/mol. The van der Waals surface area contributed by atoms with Crippen molar-refractivity contribution in [3.05, 3.63) is 29.8 Å². The fourth-order valence-electron chi connectivity index (χ4n) is 3.08. The van der Waals surface area contributed by atoms with Gasteiger partial charge in [-0.05, 0) is 43.4 Å². The molecule has 0 spiro atoms. The highest BCUT2D eigenvalue weighted by Gasteiger charge is 2.31. The van der Waals surface area contributed by atoms with Crippen LogP contribution in [0, 0.1) is 5.92 Å². The van der Waals surface area contributed by atoms with Gasteiger partial charge in [-0.2, -0.15) is 4.31 Å². The molecule has 6 heteroatoms. The quantitative estimate of drug-likeness (QED) is 0.728. The fraction of sp³-hybridized carbons (Fsp3) is 0.611. The number of carboxylic acids is 1. The molecule has 2 rings (SSSR count). The molecule has 24 heavy (non-hydrogen) atoms. The van der Waals surface area contributed by atoms with E-state index >= 15 is 0 Å². The van der Waals surface area contributed by atoms with Gasteiger partial charge in [-0.25, -0.2) is 8.42 Å². The Morgan fingerprint density at radius 1 is 1.12 bits per heavy atom. The molecule has 0 saturated carbocycles. The third-order valence-electron chi connectivity index (χ3n) is 4.68. The standard InChI is InChI=1S/C18H27NO4S/c1-2-3-4-5-6-15-7-9-17(10-8-15)24(22,23)19-13-11-16(12-14-19)18(20)21/h7-10,16H,2-6,11-14H2,1H3,(H,20,21). The third-order valence-corrected chi connectivity index (χ3v) is 6.60. The first kappa shape index (κ1) is 18.9. The predicted octanol–water partition coefficient (Wildman–Crippen LogP) is 3.29. The van der Waals surface area contributed by atoms with Gasteiger partial charge >= 0.3 is 5.97 Å².